The largest absolute Gasteiger partial charge is 0.384 e. The molecule has 2 heterocycles. The molecule has 0 bridgehead atoms. The van der Waals surface area contributed by atoms with E-state index in [-0.39, 0.29) is 0 Å². The molecule has 0 unspecified atom stereocenters. The van der Waals surface area contributed by atoms with Crippen LogP contribution in [-0.2, 0) is 16.4 Å². The van der Waals surface area contributed by atoms with Crippen molar-refractivity contribution in [2.24, 2.45) is 0 Å². The fourth-order valence-corrected chi connectivity index (χ4v) is 3.96. The van der Waals surface area contributed by atoms with E-state index in [0.717, 1.165) is 25.1 Å². The lowest BCUT2D eigenvalue weighted by atomic mass is 10.1. The van der Waals surface area contributed by atoms with Crippen molar-refractivity contribution in [2.75, 3.05) is 25.0 Å². The topological polar surface area (TPSA) is 49.4 Å². The molecule has 0 amide bonds. The van der Waals surface area contributed by atoms with Crippen LogP contribution in [0.2, 0.25) is 0 Å². The molecule has 1 aromatic rings. The summed E-state index contributed by atoms with van der Waals surface area (Å²) in [6.45, 7) is 4.00. The van der Waals surface area contributed by atoms with E-state index in [2.05, 4.69) is 5.32 Å². The van der Waals surface area contributed by atoms with Gasteiger partial charge in [0.1, 0.15) is 0 Å². The predicted molar refractivity (Wildman–Crippen MR) is 75.8 cm³/mol. The fraction of sp³-hybridized carbons (Fsp3) is 0.429. The van der Waals surface area contributed by atoms with Gasteiger partial charge >= 0.3 is 0 Å². The van der Waals surface area contributed by atoms with Crippen LogP contribution in [0.4, 0.5) is 5.69 Å². The second-order valence-electron chi connectivity index (χ2n) is 5.16. The van der Waals surface area contributed by atoms with E-state index in [1.54, 1.807) is 16.4 Å². The third-order valence-electron chi connectivity index (χ3n) is 3.83. The molecule has 3 rings (SSSR count). The van der Waals surface area contributed by atoms with E-state index in [0.29, 0.717) is 18.0 Å². The van der Waals surface area contributed by atoms with Crippen LogP contribution in [0.3, 0.4) is 0 Å². The number of fused-ring (bicyclic) bond motifs is 1. The van der Waals surface area contributed by atoms with Gasteiger partial charge in [0.2, 0.25) is 10.0 Å². The van der Waals surface area contributed by atoms with Crippen LogP contribution < -0.4 is 5.32 Å². The first-order valence-corrected chi connectivity index (χ1v) is 8.04. The van der Waals surface area contributed by atoms with Gasteiger partial charge in [0.05, 0.1) is 4.90 Å². The highest BCUT2D eigenvalue weighted by atomic mass is 32.2. The maximum atomic E-state index is 12.6. The third-order valence-corrected chi connectivity index (χ3v) is 5.69. The van der Waals surface area contributed by atoms with Gasteiger partial charge in [0, 0.05) is 25.3 Å². The minimum absolute atomic E-state index is 0.397. The monoisotopic (exact) mass is 278 g/mol. The van der Waals surface area contributed by atoms with Crippen molar-refractivity contribution >= 4 is 15.7 Å². The van der Waals surface area contributed by atoms with Gasteiger partial charge in [0.25, 0.3) is 0 Å². The summed E-state index contributed by atoms with van der Waals surface area (Å²) in [4.78, 5) is 0.397. The Labute approximate surface area is 114 Å². The molecule has 1 N–H and O–H groups in total. The molecule has 1 aromatic carbocycles. The highest BCUT2D eigenvalue weighted by Crippen LogP contribution is 2.28. The Morgan fingerprint density at radius 3 is 2.84 bits per heavy atom. The molecule has 5 heteroatoms. The first-order valence-electron chi connectivity index (χ1n) is 6.60. The van der Waals surface area contributed by atoms with Gasteiger partial charge < -0.3 is 5.32 Å². The maximum Gasteiger partial charge on any atom is 0.243 e. The quantitative estimate of drug-likeness (QED) is 0.842. The number of hydrogen-bond donors (Lipinski definition) is 1. The molecule has 2 aliphatic heterocycles. The standard InChI is InChI=1S/C14H18N2O2S/c1-11-5-8-16(9-6-11)19(17,18)13-3-2-12-4-7-15-14(12)10-13/h2-3,5,10,15H,4,6-9H2,1H3. The van der Waals surface area contributed by atoms with Crippen molar-refractivity contribution in [1.82, 2.24) is 4.31 Å². The smallest absolute Gasteiger partial charge is 0.243 e. The number of anilines is 1. The average Bonchev–Trinajstić information content (AvgIpc) is 2.86. The second kappa shape index (κ2) is 4.65. The summed E-state index contributed by atoms with van der Waals surface area (Å²) in [5.74, 6) is 0. The highest BCUT2D eigenvalue weighted by molar-refractivity contribution is 7.89. The summed E-state index contributed by atoms with van der Waals surface area (Å²) in [5.41, 5.74) is 3.43. The Morgan fingerprint density at radius 2 is 2.11 bits per heavy atom. The lowest BCUT2D eigenvalue weighted by Gasteiger charge is -2.25. The number of benzene rings is 1. The molecule has 0 radical (unpaired) electrons. The number of sulfonamides is 1. The van der Waals surface area contributed by atoms with Crippen LogP contribution in [0.25, 0.3) is 0 Å². The molecule has 0 fully saturated rings. The van der Waals surface area contributed by atoms with Crippen molar-refractivity contribution in [2.45, 2.75) is 24.7 Å². The van der Waals surface area contributed by atoms with Crippen LogP contribution in [0.5, 0.6) is 0 Å². The lowest BCUT2D eigenvalue weighted by molar-refractivity contribution is 0.431. The Hall–Kier alpha value is -1.33. The normalized spacial score (nSPS) is 19.7. The van der Waals surface area contributed by atoms with Crippen LogP contribution in [0, 0.1) is 0 Å². The Balaban J connectivity index is 1.92. The van der Waals surface area contributed by atoms with Crippen molar-refractivity contribution in [3.8, 4) is 0 Å². The molecule has 102 valence electrons. The average molecular weight is 278 g/mol. The maximum absolute atomic E-state index is 12.6. The zero-order chi connectivity index (χ0) is 13.5. The van der Waals surface area contributed by atoms with Gasteiger partial charge in [-0.25, -0.2) is 8.42 Å². The molecule has 0 atom stereocenters. The molecule has 0 saturated heterocycles. The van der Waals surface area contributed by atoms with Gasteiger partial charge in [0.15, 0.2) is 0 Å². The SMILES string of the molecule is CC1=CCN(S(=O)(=O)c2ccc3c(c2)NCC3)CC1. The zero-order valence-corrected chi connectivity index (χ0v) is 11.8. The molecule has 0 saturated carbocycles. The van der Waals surface area contributed by atoms with Crippen LogP contribution in [0.1, 0.15) is 18.9 Å². The minimum atomic E-state index is -3.36. The van der Waals surface area contributed by atoms with Gasteiger partial charge in [-0.3, -0.25) is 0 Å². The molecule has 4 nitrogen and oxygen atoms in total. The van der Waals surface area contributed by atoms with Gasteiger partial charge in [-0.1, -0.05) is 17.7 Å². The predicted octanol–water partition coefficient (Wildman–Crippen LogP) is 2.00. The first kappa shape index (κ1) is 12.7. The molecule has 0 spiro atoms. The van der Waals surface area contributed by atoms with Crippen molar-refractivity contribution in [1.29, 1.82) is 0 Å². The molecule has 0 aromatic heterocycles. The summed E-state index contributed by atoms with van der Waals surface area (Å²) in [6, 6.07) is 5.42. The van der Waals surface area contributed by atoms with E-state index < -0.39 is 10.0 Å². The Bertz CT molecular complexity index is 635. The molecule has 19 heavy (non-hydrogen) atoms. The Morgan fingerprint density at radius 1 is 1.26 bits per heavy atom. The van der Waals surface area contributed by atoms with E-state index >= 15 is 0 Å². The Kier molecular flexibility index (Phi) is 3.11. The van der Waals surface area contributed by atoms with Crippen molar-refractivity contribution in [3.63, 3.8) is 0 Å². The first-order chi connectivity index (χ1) is 9.07. The molecule has 0 aliphatic carbocycles. The minimum Gasteiger partial charge on any atom is -0.384 e. The lowest BCUT2D eigenvalue weighted by Crippen LogP contribution is -2.34. The number of hydrogen-bond acceptors (Lipinski definition) is 3. The second-order valence-corrected chi connectivity index (χ2v) is 7.10. The summed E-state index contributed by atoms with van der Waals surface area (Å²) < 4.78 is 26.7. The fourth-order valence-electron chi connectivity index (χ4n) is 2.55. The van der Waals surface area contributed by atoms with E-state index in [1.165, 1.54) is 11.1 Å². The van der Waals surface area contributed by atoms with Gasteiger partial charge in [-0.15, -0.1) is 0 Å². The number of nitrogens with one attached hydrogen (secondary N) is 1. The van der Waals surface area contributed by atoms with Crippen LogP contribution in [0.15, 0.2) is 34.7 Å². The molecular weight excluding hydrogens is 260 g/mol. The highest BCUT2D eigenvalue weighted by Gasteiger charge is 2.26. The van der Waals surface area contributed by atoms with E-state index in [1.807, 2.05) is 19.1 Å². The molecule has 2 aliphatic rings. The van der Waals surface area contributed by atoms with Crippen LogP contribution >= 0.6 is 0 Å². The summed E-state index contributed by atoms with van der Waals surface area (Å²) >= 11 is 0. The third kappa shape index (κ3) is 2.28. The summed E-state index contributed by atoms with van der Waals surface area (Å²) in [6.07, 6.45) is 3.79. The molecular formula is C14H18N2O2S. The van der Waals surface area contributed by atoms with E-state index in [9.17, 15) is 8.42 Å². The zero-order valence-electron chi connectivity index (χ0n) is 11.0. The summed E-state index contributed by atoms with van der Waals surface area (Å²) in [5, 5.41) is 3.23. The van der Waals surface area contributed by atoms with Crippen molar-refractivity contribution < 1.29 is 8.42 Å². The van der Waals surface area contributed by atoms with E-state index in [4.69, 9.17) is 0 Å². The van der Waals surface area contributed by atoms with Gasteiger partial charge in [-0.05, 0) is 37.5 Å². The van der Waals surface area contributed by atoms with Crippen molar-refractivity contribution in [3.05, 3.63) is 35.4 Å². The summed E-state index contributed by atoms with van der Waals surface area (Å²) in [7, 11) is -3.36. The number of rotatable bonds is 2. The number of nitrogens with zero attached hydrogens (tertiary/aromatic N) is 1. The van der Waals surface area contributed by atoms with Crippen LogP contribution in [-0.4, -0.2) is 32.4 Å². The van der Waals surface area contributed by atoms with Gasteiger partial charge in [-0.2, -0.15) is 4.31 Å².